The smallest absolute Gasteiger partial charge is 0.406 e. The van der Waals surface area contributed by atoms with E-state index in [0.29, 0.717) is 35.4 Å². The molecule has 41 heavy (non-hydrogen) atoms. The molecule has 3 aromatic carbocycles. The number of hydrazone groups is 1. The zero-order chi connectivity index (χ0) is 29.4. The van der Waals surface area contributed by atoms with Crippen LogP contribution in [0.4, 0.5) is 32.0 Å². The molecule has 2 N–H and O–H groups in total. The third-order valence-electron chi connectivity index (χ3n) is 6.36. The Hall–Kier alpha value is -4.39. The molecule has 0 spiro atoms. The summed E-state index contributed by atoms with van der Waals surface area (Å²) in [5.41, 5.74) is 6.44. The molecule has 1 aliphatic rings. The third kappa shape index (κ3) is 6.35. The Morgan fingerprint density at radius 1 is 1.02 bits per heavy atom. The van der Waals surface area contributed by atoms with Crippen LogP contribution in [0.25, 0.3) is 22.6 Å². The van der Waals surface area contributed by atoms with Crippen molar-refractivity contribution >= 4 is 29.2 Å². The zero-order valence-electron chi connectivity index (χ0n) is 21.2. The van der Waals surface area contributed by atoms with Gasteiger partial charge in [0.25, 0.3) is 0 Å². The lowest BCUT2D eigenvalue weighted by atomic mass is 9.87. The number of anilines is 1. The van der Waals surface area contributed by atoms with Gasteiger partial charge in [-0.2, -0.15) is 18.3 Å². The monoisotopic (exact) mass is 590 g/mol. The molecule has 0 aliphatic heterocycles. The number of ether oxygens (including phenoxy) is 1. The Morgan fingerprint density at radius 3 is 2.49 bits per heavy atom. The van der Waals surface area contributed by atoms with Crippen molar-refractivity contribution in [3.8, 4) is 28.3 Å². The molecule has 0 radical (unpaired) electrons. The highest BCUT2D eigenvalue weighted by Gasteiger charge is 2.34. The SMILES string of the molecule is Cc1cccc(C(F)(F)F)c1NC(=S)N/N=C/c1ccc2c(c1)CCc1c(-c3ccc(OC(F)(F)F)cc3)noc1-2. The van der Waals surface area contributed by atoms with Crippen LogP contribution in [0.1, 0.15) is 27.8 Å². The third-order valence-corrected chi connectivity index (χ3v) is 6.56. The van der Waals surface area contributed by atoms with Crippen LogP contribution in [0.15, 0.2) is 70.3 Å². The standard InChI is InChI=1S/C28H20F6N4O2S/c1-15-3-2-4-22(27(29,30)31)23(15)36-26(41)37-35-14-16-5-11-20-18(13-16)8-12-21-24(38-40-25(20)21)17-6-9-19(10-7-17)39-28(32,33)34/h2-7,9-11,13-14H,8,12H2,1H3,(H2,36,37,41)/b35-14+. The van der Waals surface area contributed by atoms with E-state index in [-0.39, 0.29) is 16.5 Å². The first-order chi connectivity index (χ1) is 19.4. The summed E-state index contributed by atoms with van der Waals surface area (Å²) in [6.45, 7) is 1.54. The van der Waals surface area contributed by atoms with Crippen LogP contribution in [-0.2, 0) is 19.0 Å². The molecule has 1 aromatic heterocycles. The number of rotatable bonds is 5. The second-order valence-corrected chi connectivity index (χ2v) is 9.56. The van der Waals surface area contributed by atoms with Gasteiger partial charge in [-0.1, -0.05) is 29.4 Å². The lowest BCUT2D eigenvalue weighted by Crippen LogP contribution is -2.26. The highest BCUT2D eigenvalue weighted by Crippen LogP contribution is 2.40. The van der Waals surface area contributed by atoms with E-state index >= 15 is 0 Å². The number of fused-ring (bicyclic) bond motifs is 3. The van der Waals surface area contributed by atoms with E-state index in [9.17, 15) is 26.3 Å². The van der Waals surface area contributed by atoms with Gasteiger partial charge in [0.2, 0.25) is 0 Å². The number of hydrogen-bond acceptors (Lipinski definition) is 5. The number of thiocarbonyl (C=S) groups is 1. The first-order valence-electron chi connectivity index (χ1n) is 12.1. The summed E-state index contributed by atoms with van der Waals surface area (Å²) >= 11 is 5.13. The molecule has 0 amide bonds. The van der Waals surface area contributed by atoms with Gasteiger partial charge in [-0.3, -0.25) is 5.43 Å². The van der Waals surface area contributed by atoms with Crippen molar-refractivity contribution in [2.75, 3.05) is 5.32 Å². The van der Waals surface area contributed by atoms with Crippen molar-refractivity contribution in [2.45, 2.75) is 32.3 Å². The Kier molecular flexibility index (Phi) is 7.47. The number of nitrogens with one attached hydrogen (secondary N) is 2. The van der Waals surface area contributed by atoms with Gasteiger partial charge >= 0.3 is 12.5 Å². The molecule has 13 heteroatoms. The van der Waals surface area contributed by atoms with Crippen LogP contribution >= 0.6 is 12.2 Å². The summed E-state index contributed by atoms with van der Waals surface area (Å²) in [4.78, 5) is 0. The maximum absolute atomic E-state index is 13.4. The number of benzene rings is 3. The summed E-state index contributed by atoms with van der Waals surface area (Å²) in [5.74, 6) is 0.244. The van der Waals surface area contributed by atoms with Crippen LogP contribution in [0.3, 0.4) is 0 Å². The molecule has 1 heterocycles. The van der Waals surface area contributed by atoms with Crippen molar-refractivity contribution < 1.29 is 35.6 Å². The Labute approximate surface area is 235 Å². The Bertz CT molecular complexity index is 1630. The second-order valence-electron chi connectivity index (χ2n) is 9.15. The van der Waals surface area contributed by atoms with Crippen LogP contribution < -0.4 is 15.5 Å². The van der Waals surface area contributed by atoms with E-state index in [1.54, 1.807) is 19.1 Å². The lowest BCUT2D eigenvalue weighted by molar-refractivity contribution is -0.274. The van der Waals surface area contributed by atoms with Gasteiger partial charge in [0.05, 0.1) is 17.5 Å². The van der Waals surface area contributed by atoms with Gasteiger partial charge in [0, 0.05) is 16.7 Å². The molecule has 0 saturated heterocycles. The fourth-order valence-corrected chi connectivity index (χ4v) is 4.71. The summed E-state index contributed by atoms with van der Waals surface area (Å²) in [6.07, 6.45) is -6.59. The first kappa shape index (κ1) is 28.1. The summed E-state index contributed by atoms with van der Waals surface area (Å²) in [7, 11) is 0. The van der Waals surface area contributed by atoms with Crippen LogP contribution in [0.2, 0.25) is 0 Å². The largest absolute Gasteiger partial charge is 0.573 e. The average molecular weight is 591 g/mol. The topological polar surface area (TPSA) is 71.7 Å². The van der Waals surface area contributed by atoms with Gasteiger partial charge in [0.1, 0.15) is 11.4 Å². The van der Waals surface area contributed by atoms with Crippen molar-refractivity contribution in [2.24, 2.45) is 5.10 Å². The number of aromatic nitrogens is 1. The molecule has 0 saturated carbocycles. The molecular weight excluding hydrogens is 570 g/mol. The maximum Gasteiger partial charge on any atom is 0.573 e. The molecule has 5 rings (SSSR count). The van der Waals surface area contributed by atoms with Crippen molar-refractivity contribution in [1.29, 1.82) is 0 Å². The highest BCUT2D eigenvalue weighted by molar-refractivity contribution is 7.80. The summed E-state index contributed by atoms with van der Waals surface area (Å²) < 4.78 is 87.0. The number of para-hydroxylation sites is 1. The quantitative estimate of drug-likeness (QED) is 0.108. The number of hydrogen-bond donors (Lipinski definition) is 2. The van der Waals surface area contributed by atoms with E-state index < -0.39 is 18.1 Å². The molecule has 1 aliphatic carbocycles. The van der Waals surface area contributed by atoms with Gasteiger partial charge in [0.15, 0.2) is 10.9 Å². The van der Waals surface area contributed by atoms with E-state index in [0.717, 1.165) is 28.3 Å². The fraction of sp³-hybridized carbons (Fsp3) is 0.179. The van der Waals surface area contributed by atoms with Crippen LogP contribution in [0.5, 0.6) is 5.75 Å². The number of aryl methyl sites for hydroxylation is 2. The zero-order valence-corrected chi connectivity index (χ0v) is 22.0. The predicted molar refractivity (Wildman–Crippen MR) is 145 cm³/mol. The Balaban J connectivity index is 1.27. The first-order valence-corrected chi connectivity index (χ1v) is 12.5. The minimum absolute atomic E-state index is 0.101. The van der Waals surface area contributed by atoms with Gasteiger partial charge in [-0.25, -0.2) is 0 Å². The van der Waals surface area contributed by atoms with Crippen LogP contribution in [0, 0.1) is 6.92 Å². The average Bonchev–Trinajstić information content (AvgIpc) is 3.33. The van der Waals surface area contributed by atoms with Gasteiger partial charge < -0.3 is 14.6 Å². The van der Waals surface area contributed by atoms with E-state index in [1.807, 2.05) is 12.1 Å². The molecule has 6 nitrogen and oxygen atoms in total. The van der Waals surface area contributed by atoms with E-state index in [1.165, 1.54) is 36.5 Å². The summed E-state index contributed by atoms with van der Waals surface area (Å²) in [5, 5.41) is 10.7. The molecule has 0 fully saturated rings. The van der Waals surface area contributed by atoms with Crippen LogP contribution in [-0.4, -0.2) is 22.8 Å². The normalized spacial score (nSPS) is 13.0. The van der Waals surface area contributed by atoms with Crippen molar-refractivity contribution in [3.63, 3.8) is 0 Å². The minimum Gasteiger partial charge on any atom is -0.406 e. The maximum atomic E-state index is 13.4. The molecule has 212 valence electrons. The highest BCUT2D eigenvalue weighted by atomic mass is 32.1. The number of alkyl halides is 6. The van der Waals surface area contributed by atoms with Crippen molar-refractivity contribution in [3.05, 3.63) is 88.5 Å². The molecule has 0 unspecified atom stereocenters. The summed E-state index contributed by atoms with van der Waals surface area (Å²) in [6, 6.07) is 14.8. The minimum atomic E-state index is -4.78. The van der Waals surface area contributed by atoms with Crippen molar-refractivity contribution in [1.82, 2.24) is 10.6 Å². The fourth-order valence-electron chi connectivity index (χ4n) is 4.55. The number of nitrogens with zero attached hydrogens (tertiary/aromatic N) is 2. The lowest BCUT2D eigenvalue weighted by Gasteiger charge is -2.17. The molecule has 0 atom stereocenters. The van der Waals surface area contributed by atoms with E-state index in [2.05, 4.69) is 25.7 Å². The Morgan fingerprint density at radius 2 is 1.78 bits per heavy atom. The predicted octanol–water partition coefficient (Wildman–Crippen LogP) is 7.65. The molecule has 4 aromatic rings. The van der Waals surface area contributed by atoms with E-state index in [4.69, 9.17) is 16.7 Å². The molecule has 0 bridgehead atoms. The number of halogens is 6. The molecular formula is C28H20F6N4O2S. The van der Waals surface area contributed by atoms with Gasteiger partial charge in [-0.15, -0.1) is 13.2 Å². The second kappa shape index (κ2) is 10.9. The van der Waals surface area contributed by atoms with Gasteiger partial charge in [-0.05, 0) is 85.1 Å².